The molecule has 0 spiro atoms. The molecule has 0 unspecified atom stereocenters. The number of benzene rings is 2. The number of rotatable bonds is 3. The average Bonchev–Trinajstić information content (AvgIpc) is 2.90. The molecule has 3 rings (SSSR count). The monoisotopic (exact) mass is 284 g/mol. The molecule has 100 valence electrons. The number of hydrogen-bond acceptors (Lipinski definition) is 3. The highest BCUT2D eigenvalue weighted by atomic mass is 32.2. The van der Waals surface area contributed by atoms with E-state index < -0.39 is 5.97 Å². The lowest BCUT2D eigenvalue weighted by Gasteiger charge is -2.06. The topological polar surface area (TPSA) is 55.1 Å². The molecule has 20 heavy (non-hydrogen) atoms. The number of carbonyl (C=O) groups is 1. The second-order valence-electron chi connectivity index (χ2n) is 4.32. The Morgan fingerprint density at radius 1 is 1.25 bits per heavy atom. The quantitative estimate of drug-likeness (QED) is 0.748. The van der Waals surface area contributed by atoms with Crippen molar-refractivity contribution in [3.8, 4) is 5.69 Å². The lowest BCUT2D eigenvalue weighted by atomic mass is 10.2. The molecule has 5 heteroatoms. The van der Waals surface area contributed by atoms with Crippen LogP contribution in [0.25, 0.3) is 16.7 Å². The second-order valence-corrected chi connectivity index (χ2v) is 5.20. The summed E-state index contributed by atoms with van der Waals surface area (Å²) in [6, 6.07) is 13.0. The predicted molar refractivity (Wildman–Crippen MR) is 79.8 cm³/mol. The molecule has 0 saturated heterocycles. The summed E-state index contributed by atoms with van der Waals surface area (Å²) in [7, 11) is 0. The van der Waals surface area contributed by atoms with E-state index in [4.69, 9.17) is 5.11 Å². The molecule has 1 N–H and O–H groups in total. The van der Waals surface area contributed by atoms with Gasteiger partial charge in [0.2, 0.25) is 0 Å². The van der Waals surface area contributed by atoms with Gasteiger partial charge in [-0.3, -0.25) is 4.57 Å². The Morgan fingerprint density at radius 2 is 2.10 bits per heavy atom. The van der Waals surface area contributed by atoms with Crippen molar-refractivity contribution >= 4 is 28.8 Å². The van der Waals surface area contributed by atoms with E-state index in [0.717, 1.165) is 21.6 Å². The summed E-state index contributed by atoms with van der Waals surface area (Å²) in [6.45, 7) is 0. The molecular weight excluding hydrogens is 272 g/mol. The van der Waals surface area contributed by atoms with Crippen LogP contribution in [0.15, 0.2) is 53.7 Å². The minimum Gasteiger partial charge on any atom is -0.478 e. The van der Waals surface area contributed by atoms with Gasteiger partial charge in [0.1, 0.15) is 6.33 Å². The van der Waals surface area contributed by atoms with E-state index >= 15 is 0 Å². The fraction of sp³-hybridized carbons (Fsp3) is 0.0667. The summed E-state index contributed by atoms with van der Waals surface area (Å²) < 4.78 is 1.90. The Balaban J connectivity index is 2.20. The predicted octanol–water partition coefficient (Wildman–Crippen LogP) is 3.45. The van der Waals surface area contributed by atoms with E-state index in [0.29, 0.717) is 0 Å². The number of hydrogen-bond donors (Lipinski definition) is 1. The van der Waals surface area contributed by atoms with Gasteiger partial charge in [0.15, 0.2) is 0 Å². The van der Waals surface area contributed by atoms with Crippen molar-refractivity contribution in [2.75, 3.05) is 6.26 Å². The molecule has 1 aromatic heterocycles. The first-order chi connectivity index (χ1) is 9.69. The Kier molecular flexibility index (Phi) is 3.20. The average molecular weight is 284 g/mol. The van der Waals surface area contributed by atoms with E-state index in [1.165, 1.54) is 0 Å². The lowest BCUT2D eigenvalue weighted by molar-refractivity contribution is 0.0697. The van der Waals surface area contributed by atoms with Gasteiger partial charge < -0.3 is 5.11 Å². The molecule has 0 atom stereocenters. The summed E-state index contributed by atoms with van der Waals surface area (Å²) in [6.07, 6.45) is 3.74. The van der Waals surface area contributed by atoms with Crippen LogP contribution in [-0.2, 0) is 0 Å². The van der Waals surface area contributed by atoms with Crippen LogP contribution in [-0.4, -0.2) is 26.9 Å². The van der Waals surface area contributed by atoms with Crippen molar-refractivity contribution in [3.63, 3.8) is 0 Å². The highest BCUT2D eigenvalue weighted by Gasteiger charge is 2.09. The maximum atomic E-state index is 11.1. The van der Waals surface area contributed by atoms with Crippen molar-refractivity contribution < 1.29 is 9.90 Å². The molecule has 0 aliphatic carbocycles. The number of fused-ring (bicyclic) bond motifs is 1. The zero-order valence-electron chi connectivity index (χ0n) is 10.8. The zero-order chi connectivity index (χ0) is 14.1. The molecule has 0 saturated carbocycles. The Morgan fingerprint density at radius 3 is 2.85 bits per heavy atom. The third kappa shape index (κ3) is 2.16. The molecule has 3 aromatic rings. The third-order valence-corrected chi connectivity index (χ3v) is 3.85. The van der Waals surface area contributed by atoms with Crippen LogP contribution >= 0.6 is 11.8 Å². The number of aromatic nitrogens is 2. The van der Waals surface area contributed by atoms with Crippen molar-refractivity contribution in [2.45, 2.75) is 4.90 Å². The van der Waals surface area contributed by atoms with Crippen LogP contribution in [0.1, 0.15) is 10.4 Å². The maximum absolute atomic E-state index is 11.1. The van der Waals surface area contributed by atoms with Gasteiger partial charge in [-0.05, 0) is 42.7 Å². The highest BCUT2D eigenvalue weighted by molar-refractivity contribution is 7.98. The van der Waals surface area contributed by atoms with Crippen molar-refractivity contribution in [3.05, 3.63) is 54.4 Å². The first kappa shape index (κ1) is 12.7. The van der Waals surface area contributed by atoms with E-state index in [1.54, 1.807) is 36.3 Å². The van der Waals surface area contributed by atoms with Gasteiger partial charge in [-0.15, -0.1) is 11.8 Å². The number of imidazole rings is 1. The molecule has 0 aliphatic rings. The first-order valence-electron chi connectivity index (χ1n) is 6.04. The number of carboxylic acid groups (broad SMARTS) is 1. The van der Waals surface area contributed by atoms with Crippen LogP contribution < -0.4 is 0 Å². The molecule has 0 bridgehead atoms. The standard InChI is InChI=1S/C15H12N2O2S/c1-20-12-4-2-3-11(8-12)17-9-16-13-6-5-10(15(18)19)7-14(13)17/h2-9H,1H3,(H,18,19). The van der Waals surface area contributed by atoms with Crippen molar-refractivity contribution in [1.82, 2.24) is 9.55 Å². The first-order valence-corrected chi connectivity index (χ1v) is 7.26. The van der Waals surface area contributed by atoms with Gasteiger partial charge >= 0.3 is 5.97 Å². The summed E-state index contributed by atoms with van der Waals surface area (Å²) >= 11 is 1.67. The molecule has 0 fully saturated rings. The van der Waals surface area contributed by atoms with Crippen LogP contribution in [0.2, 0.25) is 0 Å². The number of carboxylic acids is 1. The number of nitrogens with zero attached hydrogens (tertiary/aromatic N) is 2. The largest absolute Gasteiger partial charge is 0.478 e. The van der Waals surface area contributed by atoms with E-state index in [9.17, 15) is 4.79 Å². The second kappa shape index (κ2) is 5.02. The molecule has 0 amide bonds. The van der Waals surface area contributed by atoms with Gasteiger partial charge in [0, 0.05) is 10.6 Å². The minimum absolute atomic E-state index is 0.264. The van der Waals surface area contributed by atoms with E-state index in [1.807, 2.05) is 29.0 Å². The fourth-order valence-electron chi connectivity index (χ4n) is 2.11. The Hall–Kier alpha value is -2.27. The van der Waals surface area contributed by atoms with E-state index in [-0.39, 0.29) is 5.56 Å². The summed E-state index contributed by atoms with van der Waals surface area (Å²) in [4.78, 5) is 16.5. The van der Waals surface area contributed by atoms with Gasteiger partial charge in [-0.1, -0.05) is 6.07 Å². The van der Waals surface area contributed by atoms with Crippen LogP contribution in [0.5, 0.6) is 0 Å². The molecule has 4 nitrogen and oxygen atoms in total. The van der Waals surface area contributed by atoms with Crippen LogP contribution in [0.3, 0.4) is 0 Å². The third-order valence-electron chi connectivity index (χ3n) is 3.13. The van der Waals surface area contributed by atoms with E-state index in [2.05, 4.69) is 11.1 Å². The molecule has 2 aromatic carbocycles. The van der Waals surface area contributed by atoms with Crippen molar-refractivity contribution in [1.29, 1.82) is 0 Å². The number of thioether (sulfide) groups is 1. The summed E-state index contributed by atoms with van der Waals surface area (Å²) in [5.74, 6) is -0.933. The zero-order valence-corrected chi connectivity index (χ0v) is 11.6. The van der Waals surface area contributed by atoms with Gasteiger partial charge in [-0.2, -0.15) is 0 Å². The fourth-order valence-corrected chi connectivity index (χ4v) is 2.56. The minimum atomic E-state index is -0.933. The highest BCUT2D eigenvalue weighted by Crippen LogP contribution is 2.23. The van der Waals surface area contributed by atoms with Crippen LogP contribution in [0, 0.1) is 0 Å². The van der Waals surface area contributed by atoms with Gasteiger partial charge in [-0.25, -0.2) is 9.78 Å². The SMILES string of the molecule is CSc1cccc(-n2cnc3ccc(C(=O)O)cc32)c1. The molecule has 1 heterocycles. The summed E-state index contributed by atoms with van der Waals surface area (Å²) in [5.41, 5.74) is 2.81. The normalized spacial score (nSPS) is 10.8. The smallest absolute Gasteiger partial charge is 0.335 e. The molecule has 0 aliphatic heterocycles. The Labute approximate surface area is 120 Å². The number of aromatic carboxylic acids is 1. The molecule has 0 radical (unpaired) electrons. The van der Waals surface area contributed by atoms with Crippen molar-refractivity contribution in [2.24, 2.45) is 0 Å². The summed E-state index contributed by atoms with van der Waals surface area (Å²) in [5, 5.41) is 9.09. The van der Waals surface area contributed by atoms with Gasteiger partial charge in [0.25, 0.3) is 0 Å². The van der Waals surface area contributed by atoms with Gasteiger partial charge in [0.05, 0.1) is 16.6 Å². The Bertz CT molecular complexity index is 795. The lowest BCUT2D eigenvalue weighted by Crippen LogP contribution is -1.97. The van der Waals surface area contributed by atoms with Crippen LogP contribution in [0.4, 0.5) is 0 Å². The molecular formula is C15H12N2O2S. The maximum Gasteiger partial charge on any atom is 0.335 e.